The number of pyridine rings is 1. The van der Waals surface area contributed by atoms with Crippen LogP contribution in [0.2, 0.25) is 0 Å². The second kappa shape index (κ2) is 9.41. The van der Waals surface area contributed by atoms with Gasteiger partial charge in [0.15, 0.2) is 11.5 Å². The standard InChI is InChI=1S/C23H23FN6O2.ClH/c1-4-30-14-17(12-18(30)13-27-32-3)23(21(31)29(2)22(25)28-23)16-8-5-7-15(11-16)19-9-6-10-26-20(19)24;/h5-14H,4H2,1-3H3,(H2,25,28);1H. The molecule has 2 aromatic heterocycles. The first kappa shape index (κ1) is 23.9. The largest absolute Gasteiger partial charge is 0.399 e. The van der Waals surface area contributed by atoms with Gasteiger partial charge in [-0.1, -0.05) is 23.4 Å². The number of halogens is 2. The summed E-state index contributed by atoms with van der Waals surface area (Å²) in [6.07, 6.45) is 4.81. The Morgan fingerprint density at radius 2 is 2.03 bits per heavy atom. The van der Waals surface area contributed by atoms with Crippen molar-refractivity contribution in [3.05, 3.63) is 77.6 Å². The van der Waals surface area contributed by atoms with Crippen LogP contribution in [0, 0.1) is 5.95 Å². The average molecular weight is 471 g/mol. The molecule has 0 saturated heterocycles. The number of aliphatic imine (C=N–C) groups is 1. The fourth-order valence-electron chi connectivity index (χ4n) is 3.91. The van der Waals surface area contributed by atoms with E-state index >= 15 is 0 Å². The number of benzene rings is 1. The molecule has 0 saturated carbocycles. The van der Waals surface area contributed by atoms with Crippen LogP contribution >= 0.6 is 12.4 Å². The molecule has 2 N–H and O–H groups in total. The average Bonchev–Trinajstić information content (AvgIpc) is 3.33. The van der Waals surface area contributed by atoms with E-state index in [4.69, 9.17) is 10.6 Å². The zero-order chi connectivity index (χ0) is 22.9. The molecule has 1 aliphatic heterocycles. The van der Waals surface area contributed by atoms with Gasteiger partial charge in [0.1, 0.15) is 7.11 Å². The van der Waals surface area contributed by atoms with Crippen LogP contribution in [-0.2, 0) is 21.7 Å². The Hall–Kier alpha value is -3.72. The van der Waals surface area contributed by atoms with Crippen molar-refractivity contribution in [2.45, 2.75) is 19.0 Å². The van der Waals surface area contributed by atoms with Crippen molar-refractivity contribution in [2.24, 2.45) is 15.9 Å². The second-order valence-corrected chi connectivity index (χ2v) is 7.32. The lowest BCUT2D eigenvalue weighted by Gasteiger charge is -2.25. The normalized spacial score (nSPS) is 17.9. The van der Waals surface area contributed by atoms with Gasteiger partial charge in [-0.25, -0.2) is 9.98 Å². The molecule has 1 amide bonds. The number of rotatable bonds is 6. The molecule has 0 aliphatic carbocycles. The molecule has 3 heterocycles. The molecule has 4 rings (SSSR count). The predicted octanol–water partition coefficient (Wildman–Crippen LogP) is 3.14. The lowest BCUT2D eigenvalue weighted by molar-refractivity contribution is -0.129. The highest BCUT2D eigenvalue weighted by molar-refractivity contribution is 6.09. The quantitative estimate of drug-likeness (QED) is 0.340. The first-order chi connectivity index (χ1) is 15.4. The van der Waals surface area contributed by atoms with Crippen molar-refractivity contribution in [2.75, 3.05) is 14.2 Å². The zero-order valence-electron chi connectivity index (χ0n) is 18.4. The van der Waals surface area contributed by atoms with E-state index in [0.29, 0.717) is 28.8 Å². The van der Waals surface area contributed by atoms with Crippen LogP contribution in [0.1, 0.15) is 23.7 Å². The van der Waals surface area contributed by atoms with Crippen LogP contribution in [0.3, 0.4) is 0 Å². The minimum Gasteiger partial charge on any atom is -0.399 e. The molecule has 8 nitrogen and oxygen atoms in total. The summed E-state index contributed by atoms with van der Waals surface area (Å²) in [4.78, 5) is 28.0. The van der Waals surface area contributed by atoms with Crippen molar-refractivity contribution < 1.29 is 14.0 Å². The van der Waals surface area contributed by atoms with E-state index < -0.39 is 11.5 Å². The summed E-state index contributed by atoms with van der Waals surface area (Å²) in [5.74, 6) is -0.793. The summed E-state index contributed by atoms with van der Waals surface area (Å²) in [6.45, 7) is 2.62. The first-order valence-electron chi connectivity index (χ1n) is 10.0. The van der Waals surface area contributed by atoms with E-state index in [-0.39, 0.29) is 24.3 Å². The number of aromatic nitrogens is 2. The SMILES string of the molecule is CCn1cc(C2(c3cccc(-c4cccnc4F)c3)N=C(N)N(C)C2=O)cc1C=NOC.Cl. The lowest BCUT2D eigenvalue weighted by Crippen LogP contribution is -2.41. The third-order valence-electron chi connectivity index (χ3n) is 5.57. The Morgan fingerprint density at radius 1 is 1.24 bits per heavy atom. The Balaban J connectivity index is 0.00000306. The minimum absolute atomic E-state index is 0. The molecule has 0 radical (unpaired) electrons. The second-order valence-electron chi connectivity index (χ2n) is 7.32. The number of likely N-dealkylation sites (N-methyl/N-ethyl adjacent to an activating group) is 1. The Bertz CT molecular complexity index is 1240. The molecule has 1 aliphatic rings. The summed E-state index contributed by atoms with van der Waals surface area (Å²) >= 11 is 0. The third kappa shape index (κ3) is 3.95. The molecule has 0 spiro atoms. The summed E-state index contributed by atoms with van der Waals surface area (Å²) in [7, 11) is 3.04. The van der Waals surface area contributed by atoms with Crippen molar-refractivity contribution >= 4 is 30.5 Å². The van der Waals surface area contributed by atoms with Gasteiger partial charge < -0.3 is 15.1 Å². The van der Waals surface area contributed by atoms with E-state index in [1.165, 1.54) is 18.2 Å². The molecular formula is C23H24ClFN6O2. The van der Waals surface area contributed by atoms with Gasteiger partial charge in [0.05, 0.1) is 11.9 Å². The molecule has 33 heavy (non-hydrogen) atoms. The van der Waals surface area contributed by atoms with Crippen LogP contribution in [0.25, 0.3) is 11.1 Å². The molecule has 3 aromatic rings. The van der Waals surface area contributed by atoms with E-state index in [0.717, 1.165) is 5.69 Å². The molecule has 1 unspecified atom stereocenters. The monoisotopic (exact) mass is 470 g/mol. The van der Waals surface area contributed by atoms with Crippen molar-refractivity contribution in [3.63, 3.8) is 0 Å². The highest BCUT2D eigenvalue weighted by Gasteiger charge is 2.50. The number of hydrogen-bond donors (Lipinski definition) is 1. The first-order valence-corrected chi connectivity index (χ1v) is 10.0. The maximum atomic E-state index is 14.4. The van der Waals surface area contributed by atoms with E-state index in [9.17, 15) is 9.18 Å². The molecule has 10 heteroatoms. The van der Waals surface area contributed by atoms with Gasteiger partial charge in [-0.15, -0.1) is 12.4 Å². The fourth-order valence-corrected chi connectivity index (χ4v) is 3.91. The van der Waals surface area contributed by atoms with E-state index in [1.54, 1.807) is 49.7 Å². The topological polar surface area (TPSA) is 98.1 Å². The summed E-state index contributed by atoms with van der Waals surface area (Å²) < 4.78 is 16.3. The van der Waals surface area contributed by atoms with Crippen molar-refractivity contribution in [1.29, 1.82) is 0 Å². The Labute approximate surface area is 197 Å². The smallest absolute Gasteiger partial charge is 0.266 e. The maximum Gasteiger partial charge on any atom is 0.266 e. The van der Waals surface area contributed by atoms with E-state index in [2.05, 4.69) is 15.1 Å². The summed E-state index contributed by atoms with van der Waals surface area (Å²) in [6, 6.07) is 12.2. The molecule has 172 valence electrons. The number of carbonyl (C=O) groups is 1. The van der Waals surface area contributed by atoms with Gasteiger partial charge in [-0.3, -0.25) is 9.69 Å². The van der Waals surface area contributed by atoms with Crippen LogP contribution < -0.4 is 5.73 Å². The van der Waals surface area contributed by atoms with Crippen LogP contribution in [0.4, 0.5) is 4.39 Å². The van der Waals surface area contributed by atoms with Gasteiger partial charge in [0, 0.05) is 37.1 Å². The van der Waals surface area contributed by atoms with Gasteiger partial charge >= 0.3 is 0 Å². The number of hydrogen-bond acceptors (Lipinski definition) is 6. The van der Waals surface area contributed by atoms with Gasteiger partial charge in [0.2, 0.25) is 5.95 Å². The number of nitrogens with two attached hydrogens (primary N) is 1. The van der Waals surface area contributed by atoms with Gasteiger partial charge in [-0.05, 0) is 42.3 Å². The number of oxime groups is 1. The van der Waals surface area contributed by atoms with E-state index in [1.807, 2.05) is 23.8 Å². The van der Waals surface area contributed by atoms with Crippen LogP contribution in [-0.4, -0.2) is 46.7 Å². The Kier molecular flexibility index (Phi) is 6.83. The highest BCUT2D eigenvalue weighted by atomic mass is 35.5. The molecular weight excluding hydrogens is 447 g/mol. The number of guanidine groups is 1. The minimum atomic E-state index is -1.41. The number of amides is 1. The number of aryl methyl sites for hydroxylation is 1. The fraction of sp³-hybridized carbons (Fsp3) is 0.217. The van der Waals surface area contributed by atoms with Crippen molar-refractivity contribution in [3.8, 4) is 11.1 Å². The Morgan fingerprint density at radius 3 is 2.67 bits per heavy atom. The molecule has 0 bridgehead atoms. The maximum absolute atomic E-state index is 14.4. The molecule has 1 aromatic carbocycles. The third-order valence-corrected chi connectivity index (χ3v) is 5.57. The number of carbonyl (C=O) groups excluding carboxylic acids is 1. The summed E-state index contributed by atoms with van der Waals surface area (Å²) in [5.41, 5.74) is 7.52. The van der Waals surface area contributed by atoms with Crippen LogP contribution in [0.15, 0.2) is 65.0 Å². The highest BCUT2D eigenvalue weighted by Crippen LogP contribution is 2.41. The van der Waals surface area contributed by atoms with Crippen LogP contribution in [0.5, 0.6) is 0 Å². The number of nitrogens with zero attached hydrogens (tertiary/aromatic N) is 5. The van der Waals surface area contributed by atoms with Gasteiger partial charge in [-0.2, -0.15) is 4.39 Å². The zero-order valence-corrected chi connectivity index (χ0v) is 19.2. The van der Waals surface area contributed by atoms with Gasteiger partial charge in [0.25, 0.3) is 5.91 Å². The van der Waals surface area contributed by atoms with Crippen molar-refractivity contribution in [1.82, 2.24) is 14.5 Å². The molecule has 1 atom stereocenters. The molecule has 0 fully saturated rings. The lowest BCUT2D eigenvalue weighted by atomic mass is 9.83. The summed E-state index contributed by atoms with van der Waals surface area (Å²) in [5, 5.41) is 3.85. The predicted molar refractivity (Wildman–Crippen MR) is 127 cm³/mol.